The summed E-state index contributed by atoms with van der Waals surface area (Å²) in [6.07, 6.45) is -0.516. The summed E-state index contributed by atoms with van der Waals surface area (Å²) < 4.78 is 18.1. The van der Waals surface area contributed by atoms with Crippen LogP contribution in [0.15, 0.2) is 65.8 Å². The van der Waals surface area contributed by atoms with Gasteiger partial charge in [0.2, 0.25) is 0 Å². The summed E-state index contributed by atoms with van der Waals surface area (Å²) >= 11 is 0. The normalized spacial score (nSPS) is 16.9. The van der Waals surface area contributed by atoms with Crippen LogP contribution < -0.4 is 10.8 Å². The van der Waals surface area contributed by atoms with Crippen LogP contribution in [-0.4, -0.2) is 31.0 Å². The number of fused-ring (bicyclic) bond motifs is 3. The number of benzene rings is 3. The van der Waals surface area contributed by atoms with Crippen molar-refractivity contribution < 1.29 is 18.8 Å². The standard InChI is InChI=1S/C29H31BN4O4/c1-18-19(14-20(33-34-31)15-26(18)30-37-28(2,3)29(4,5)38-30)16-32-27(35)36-17-25-23-12-8-6-10-21(23)22-11-7-9-13-24(22)25/h6-15,25H,16-17H2,1-5H3,(H,32,35). The minimum atomic E-state index is -0.623. The molecule has 0 atom stereocenters. The quantitative estimate of drug-likeness (QED) is 0.182. The van der Waals surface area contributed by atoms with Gasteiger partial charge in [-0.05, 0) is 85.1 Å². The lowest BCUT2D eigenvalue weighted by Crippen LogP contribution is -2.41. The van der Waals surface area contributed by atoms with Crippen molar-refractivity contribution in [2.75, 3.05) is 6.61 Å². The second-order valence-corrected chi connectivity index (χ2v) is 10.8. The average molecular weight is 510 g/mol. The molecule has 9 heteroatoms. The third kappa shape index (κ3) is 4.65. The summed E-state index contributed by atoms with van der Waals surface area (Å²) in [6.45, 7) is 10.3. The molecular weight excluding hydrogens is 479 g/mol. The number of hydrogen-bond donors (Lipinski definition) is 1. The van der Waals surface area contributed by atoms with Crippen molar-refractivity contribution in [2.24, 2.45) is 5.11 Å². The smallest absolute Gasteiger partial charge is 0.449 e. The fraction of sp³-hybridized carbons (Fsp3) is 0.345. The lowest BCUT2D eigenvalue weighted by molar-refractivity contribution is 0.00578. The molecule has 1 aliphatic carbocycles. The maximum atomic E-state index is 12.8. The first-order valence-corrected chi connectivity index (χ1v) is 12.7. The van der Waals surface area contributed by atoms with Crippen molar-refractivity contribution in [3.8, 4) is 11.1 Å². The van der Waals surface area contributed by atoms with E-state index in [0.717, 1.165) is 27.7 Å². The van der Waals surface area contributed by atoms with Crippen molar-refractivity contribution >= 4 is 24.4 Å². The molecule has 1 heterocycles. The topological polar surface area (TPSA) is 106 Å². The monoisotopic (exact) mass is 510 g/mol. The summed E-state index contributed by atoms with van der Waals surface area (Å²) in [5.74, 6) is -0.0156. The third-order valence-electron chi connectivity index (χ3n) is 7.97. The molecule has 3 aromatic carbocycles. The lowest BCUT2D eigenvalue weighted by Gasteiger charge is -2.32. The van der Waals surface area contributed by atoms with E-state index >= 15 is 0 Å². The molecule has 194 valence electrons. The van der Waals surface area contributed by atoms with Crippen molar-refractivity contribution in [1.29, 1.82) is 0 Å². The maximum absolute atomic E-state index is 12.8. The maximum Gasteiger partial charge on any atom is 0.495 e. The van der Waals surface area contributed by atoms with Gasteiger partial charge in [-0.2, -0.15) is 0 Å². The Labute approximate surface area is 223 Å². The number of nitrogens with zero attached hydrogens (tertiary/aromatic N) is 3. The number of carbonyl (C=O) groups is 1. The summed E-state index contributed by atoms with van der Waals surface area (Å²) in [6, 6.07) is 20.0. The Balaban J connectivity index is 1.30. The van der Waals surface area contributed by atoms with Crippen LogP contribution in [0, 0.1) is 6.92 Å². The fourth-order valence-corrected chi connectivity index (χ4v) is 5.11. The van der Waals surface area contributed by atoms with Crippen LogP contribution in [0.2, 0.25) is 0 Å². The van der Waals surface area contributed by atoms with Gasteiger partial charge in [0.25, 0.3) is 0 Å². The Morgan fingerprint density at radius 2 is 1.61 bits per heavy atom. The Morgan fingerprint density at radius 1 is 1.03 bits per heavy atom. The van der Waals surface area contributed by atoms with Crippen LogP contribution in [0.4, 0.5) is 10.5 Å². The zero-order valence-corrected chi connectivity index (χ0v) is 22.3. The molecule has 1 fully saturated rings. The summed E-state index contributed by atoms with van der Waals surface area (Å²) in [5.41, 5.74) is 15.5. The predicted octanol–water partition coefficient (Wildman–Crippen LogP) is 6.27. The highest BCUT2D eigenvalue weighted by molar-refractivity contribution is 6.62. The number of amides is 1. The van der Waals surface area contributed by atoms with Crippen LogP contribution in [0.1, 0.15) is 55.9 Å². The SMILES string of the molecule is Cc1c(CNC(=O)OCC2c3ccccc3-c3ccccc32)cc(N=[N+]=[N-])cc1B1OC(C)(C)C(C)(C)O1. The molecule has 0 bridgehead atoms. The van der Waals surface area contributed by atoms with Gasteiger partial charge < -0.3 is 19.4 Å². The summed E-state index contributed by atoms with van der Waals surface area (Å²) in [7, 11) is -0.623. The van der Waals surface area contributed by atoms with Gasteiger partial charge in [0, 0.05) is 23.1 Å². The molecule has 0 aromatic heterocycles. The van der Waals surface area contributed by atoms with Gasteiger partial charge in [0.05, 0.1) is 11.2 Å². The molecule has 0 radical (unpaired) electrons. The summed E-state index contributed by atoms with van der Waals surface area (Å²) in [4.78, 5) is 15.7. The Kier molecular flexibility index (Phi) is 6.69. The van der Waals surface area contributed by atoms with Crippen molar-refractivity contribution in [2.45, 2.75) is 58.3 Å². The van der Waals surface area contributed by atoms with Crippen molar-refractivity contribution in [3.63, 3.8) is 0 Å². The largest absolute Gasteiger partial charge is 0.495 e. The second kappa shape index (κ2) is 9.84. The van der Waals surface area contributed by atoms with E-state index < -0.39 is 24.4 Å². The molecular formula is C29H31BN4O4. The van der Waals surface area contributed by atoms with Crippen LogP contribution >= 0.6 is 0 Å². The molecule has 1 amide bonds. The van der Waals surface area contributed by atoms with Crippen LogP contribution in [-0.2, 0) is 20.6 Å². The average Bonchev–Trinajstić information content (AvgIpc) is 3.32. The highest BCUT2D eigenvalue weighted by atomic mass is 16.7. The van der Waals surface area contributed by atoms with E-state index in [4.69, 9.17) is 19.6 Å². The third-order valence-corrected chi connectivity index (χ3v) is 7.97. The van der Waals surface area contributed by atoms with E-state index in [0.29, 0.717) is 5.69 Å². The first-order valence-electron chi connectivity index (χ1n) is 12.7. The zero-order chi connectivity index (χ0) is 27.1. The number of carbonyl (C=O) groups excluding carboxylic acids is 1. The van der Waals surface area contributed by atoms with E-state index in [1.54, 1.807) is 12.1 Å². The number of azide groups is 1. The number of nitrogens with one attached hydrogen (secondary N) is 1. The van der Waals surface area contributed by atoms with Crippen LogP contribution in [0.3, 0.4) is 0 Å². The van der Waals surface area contributed by atoms with Crippen LogP contribution in [0.25, 0.3) is 21.6 Å². The van der Waals surface area contributed by atoms with Gasteiger partial charge >= 0.3 is 13.2 Å². The molecule has 3 aromatic rings. The second-order valence-electron chi connectivity index (χ2n) is 10.8. The highest BCUT2D eigenvalue weighted by Crippen LogP contribution is 2.44. The number of rotatable bonds is 6. The minimum absolute atomic E-state index is 0.0156. The molecule has 8 nitrogen and oxygen atoms in total. The van der Waals surface area contributed by atoms with E-state index in [-0.39, 0.29) is 19.1 Å². The molecule has 38 heavy (non-hydrogen) atoms. The first-order chi connectivity index (χ1) is 18.1. The van der Waals surface area contributed by atoms with Crippen molar-refractivity contribution in [1.82, 2.24) is 5.32 Å². The van der Waals surface area contributed by atoms with E-state index in [9.17, 15) is 4.79 Å². The lowest BCUT2D eigenvalue weighted by atomic mass is 9.74. The molecule has 1 saturated heterocycles. The van der Waals surface area contributed by atoms with Gasteiger partial charge in [0.1, 0.15) is 6.61 Å². The number of hydrogen-bond acceptors (Lipinski definition) is 5. The predicted molar refractivity (Wildman–Crippen MR) is 148 cm³/mol. The molecule has 2 aliphatic rings. The van der Waals surface area contributed by atoms with E-state index in [1.165, 1.54) is 11.1 Å². The highest BCUT2D eigenvalue weighted by Gasteiger charge is 2.52. The van der Waals surface area contributed by atoms with Gasteiger partial charge in [-0.25, -0.2) is 4.79 Å². The Morgan fingerprint density at radius 3 is 2.18 bits per heavy atom. The molecule has 1 N–H and O–H groups in total. The Hall–Kier alpha value is -3.78. The van der Waals surface area contributed by atoms with Crippen LogP contribution in [0.5, 0.6) is 0 Å². The number of ether oxygens (including phenoxy) is 1. The minimum Gasteiger partial charge on any atom is -0.449 e. The zero-order valence-electron chi connectivity index (χ0n) is 22.3. The van der Waals surface area contributed by atoms with Crippen molar-refractivity contribution in [3.05, 3.63) is 93.4 Å². The molecule has 0 unspecified atom stereocenters. The number of alkyl carbamates (subject to hydrolysis) is 1. The molecule has 0 spiro atoms. The Bertz CT molecular complexity index is 1390. The fourth-order valence-electron chi connectivity index (χ4n) is 5.11. The van der Waals surface area contributed by atoms with E-state index in [1.807, 2.05) is 58.9 Å². The molecule has 5 rings (SSSR count). The first kappa shape index (κ1) is 25.9. The molecule has 0 saturated carbocycles. The van der Waals surface area contributed by atoms with Gasteiger partial charge in [0.15, 0.2) is 0 Å². The van der Waals surface area contributed by atoms with Gasteiger partial charge in [-0.3, -0.25) is 0 Å². The summed E-state index contributed by atoms with van der Waals surface area (Å²) in [5, 5.41) is 6.65. The van der Waals surface area contributed by atoms with E-state index in [2.05, 4.69) is 39.6 Å². The van der Waals surface area contributed by atoms with Gasteiger partial charge in [-0.1, -0.05) is 59.7 Å². The molecule has 1 aliphatic heterocycles. The van der Waals surface area contributed by atoms with Gasteiger partial charge in [-0.15, -0.1) is 0 Å².